The normalized spacial score (nSPS) is 16.9. The van der Waals surface area contributed by atoms with E-state index >= 15 is 0 Å². The first-order valence-corrected chi connectivity index (χ1v) is 12.8. The second-order valence-corrected chi connectivity index (χ2v) is 10.5. The number of nitrogens with one attached hydrogen (secondary N) is 1. The van der Waals surface area contributed by atoms with Crippen molar-refractivity contribution in [3.8, 4) is 22.7 Å². The van der Waals surface area contributed by atoms with Gasteiger partial charge in [0, 0.05) is 29.2 Å². The summed E-state index contributed by atoms with van der Waals surface area (Å²) < 4.78 is 7.79. The summed E-state index contributed by atoms with van der Waals surface area (Å²) >= 11 is 1.39. The van der Waals surface area contributed by atoms with Gasteiger partial charge in [0.25, 0.3) is 0 Å². The van der Waals surface area contributed by atoms with E-state index in [0.717, 1.165) is 46.1 Å². The minimum Gasteiger partial charge on any atom is -0.494 e. The van der Waals surface area contributed by atoms with Gasteiger partial charge < -0.3 is 10.1 Å². The molecular weight excluding hydrogens is 458 g/mol. The van der Waals surface area contributed by atoms with Gasteiger partial charge in [-0.3, -0.25) is 4.79 Å². The Morgan fingerprint density at radius 1 is 1.14 bits per heavy atom. The summed E-state index contributed by atoms with van der Waals surface area (Å²) in [6, 6.07) is 18.1. The molecule has 180 valence electrons. The zero-order chi connectivity index (χ0) is 24.4. The van der Waals surface area contributed by atoms with Crippen LogP contribution in [-0.2, 0) is 4.79 Å². The monoisotopic (exact) mass is 487 g/mol. The van der Waals surface area contributed by atoms with Crippen LogP contribution in [0.2, 0.25) is 0 Å². The van der Waals surface area contributed by atoms with Crippen molar-refractivity contribution < 1.29 is 9.53 Å². The lowest BCUT2D eigenvalue weighted by molar-refractivity contribution is -0.117. The van der Waals surface area contributed by atoms with Crippen LogP contribution in [0.4, 0.5) is 5.13 Å². The predicted molar refractivity (Wildman–Crippen MR) is 138 cm³/mol. The number of rotatable bonds is 9. The smallest absolute Gasteiger partial charge is 0.229 e. The fourth-order valence-corrected chi connectivity index (χ4v) is 4.69. The molecule has 2 aromatic heterocycles. The van der Waals surface area contributed by atoms with E-state index in [4.69, 9.17) is 9.84 Å². The highest BCUT2D eigenvalue weighted by molar-refractivity contribution is 7.15. The lowest BCUT2D eigenvalue weighted by Crippen LogP contribution is -2.14. The summed E-state index contributed by atoms with van der Waals surface area (Å²) in [6.45, 7) is 6.96. The molecule has 1 fully saturated rings. The van der Waals surface area contributed by atoms with Gasteiger partial charge in [-0.05, 0) is 62.1 Å². The molecular formula is C27H29N5O2S. The predicted octanol–water partition coefficient (Wildman–Crippen LogP) is 5.87. The van der Waals surface area contributed by atoms with Gasteiger partial charge in [-0.15, -0.1) is 10.2 Å². The molecule has 0 saturated heterocycles. The van der Waals surface area contributed by atoms with Crippen molar-refractivity contribution in [1.29, 1.82) is 0 Å². The Kier molecular flexibility index (Phi) is 6.63. The lowest BCUT2D eigenvalue weighted by Gasteiger charge is -2.09. The molecule has 0 bridgehead atoms. The van der Waals surface area contributed by atoms with E-state index in [2.05, 4.69) is 35.6 Å². The summed E-state index contributed by atoms with van der Waals surface area (Å²) in [5.74, 6) is 1.45. The zero-order valence-corrected chi connectivity index (χ0v) is 21.0. The average molecular weight is 488 g/mol. The average Bonchev–Trinajstić information content (AvgIpc) is 3.36. The van der Waals surface area contributed by atoms with Gasteiger partial charge >= 0.3 is 0 Å². The first-order valence-electron chi connectivity index (χ1n) is 12.0. The van der Waals surface area contributed by atoms with E-state index in [1.807, 2.05) is 66.2 Å². The highest BCUT2D eigenvalue weighted by atomic mass is 32.1. The minimum atomic E-state index is -0.106. The highest BCUT2D eigenvalue weighted by Crippen LogP contribution is 2.51. The van der Waals surface area contributed by atoms with Gasteiger partial charge in [0.1, 0.15) is 10.8 Å². The van der Waals surface area contributed by atoms with Gasteiger partial charge in [0.05, 0.1) is 18.0 Å². The molecule has 7 nitrogen and oxygen atoms in total. The number of carbonyl (C=O) groups excluding carboxylic acids is 1. The summed E-state index contributed by atoms with van der Waals surface area (Å²) in [6.07, 6.45) is 3.87. The standard InChI is InChI=1S/C27H29N5O2S/c1-17(2)13-14-34-21-11-9-19(10-12-21)25-24(16-32(31-25)20-7-5-4-6-8-20)22-15-23(22)26(33)28-27-30-29-18(3)35-27/h4-12,16-17,22-23H,13-15H2,1-3H3,(H,28,30,33). The van der Waals surface area contributed by atoms with Crippen LogP contribution >= 0.6 is 11.3 Å². The number of para-hydroxylation sites is 1. The molecule has 1 aliphatic carbocycles. The number of benzene rings is 2. The molecule has 35 heavy (non-hydrogen) atoms. The third kappa shape index (κ3) is 5.43. The summed E-state index contributed by atoms with van der Waals surface area (Å²) in [5, 5.41) is 17.2. The van der Waals surface area contributed by atoms with Crippen LogP contribution in [0.5, 0.6) is 5.75 Å². The third-order valence-corrected chi connectivity index (χ3v) is 6.89. The number of hydrogen-bond acceptors (Lipinski definition) is 6. The molecule has 1 saturated carbocycles. The molecule has 0 spiro atoms. The number of hydrogen-bond donors (Lipinski definition) is 1. The maximum atomic E-state index is 12.9. The van der Waals surface area contributed by atoms with E-state index in [-0.39, 0.29) is 17.7 Å². The summed E-state index contributed by atoms with van der Waals surface area (Å²) in [4.78, 5) is 12.9. The Labute approximate surface area is 209 Å². The van der Waals surface area contributed by atoms with Crippen molar-refractivity contribution in [3.63, 3.8) is 0 Å². The van der Waals surface area contributed by atoms with E-state index in [1.54, 1.807) is 0 Å². The largest absolute Gasteiger partial charge is 0.494 e. The molecule has 0 aliphatic heterocycles. The van der Waals surface area contributed by atoms with Crippen molar-refractivity contribution in [3.05, 3.63) is 71.4 Å². The molecule has 1 amide bonds. The molecule has 2 heterocycles. The van der Waals surface area contributed by atoms with Crippen LogP contribution in [0.15, 0.2) is 60.8 Å². The van der Waals surface area contributed by atoms with Crippen molar-refractivity contribution in [1.82, 2.24) is 20.0 Å². The van der Waals surface area contributed by atoms with Crippen molar-refractivity contribution in [2.75, 3.05) is 11.9 Å². The van der Waals surface area contributed by atoms with E-state index in [9.17, 15) is 4.79 Å². The number of aryl methyl sites for hydroxylation is 1. The summed E-state index contributed by atoms with van der Waals surface area (Å²) in [7, 11) is 0. The van der Waals surface area contributed by atoms with E-state index in [1.165, 1.54) is 11.3 Å². The second kappa shape index (κ2) is 10.00. The molecule has 5 rings (SSSR count). The highest BCUT2D eigenvalue weighted by Gasteiger charge is 2.46. The molecule has 1 aliphatic rings. The van der Waals surface area contributed by atoms with Crippen LogP contribution < -0.4 is 10.1 Å². The fourth-order valence-electron chi connectivity index (χ4n) is 4.09. The van der Waals surface area contributed by atoms with Gasteiger partial charge in [-0.25, -0.2) is 4.68 Å². The SMILES string of the molecule is Cc1nnc(NC(=O)C2CC2c2cn(-c3ccccc3)nc2-c2ccc(OCCC(C)C)cc2)s1. The van der Waals surface area contributed by atoms with E-state index < -0.39 is 0 Å². The Hall–Kier alpha value is -3.52. The Balaban J connectivity index is 1.38. The molecule has 1 N–H and O–H groups in total. The quantitative estimate of drug-likeness (QED) is 0.319. The number of amides is 1. The van der Waals surface area contributed by atoms with Crippen LogP contribution in [0, 0.1) is 18.8 Å². The fraction of sp³-hybridized carbons (Fsp3) is 0.333. The van der Waals surface area contributed by atoms with Gasteiger partial charge in [0.2, 0.25) is 11.0 Å². The molecule has 4 aromatic rings. The maximum absolute atomic E-state index is 12.9. The van der Waals surface area contributed by atoms with Crippen molar-refractivity contribution in [2.24, 2.45) is 11.8 Å². The zero-order valence-electron chi connectivity index (χ0n) is 20.1. The number of aromatic nitrogens is 4. The van der Waals surface area contributed by atoms with Gasteiger partial charge in [-0.1, -0.05) is 43.4 Å². The molecule has 8 heteroatoms. The molecule has 2 atom stereocenters. The van der Waals surface area contributed by atoms with Crippen LogP contribution in [0.3, 0.4) is 0 Å². The first-order chi connectivity index (χ1) is 17.0. The topological polar surface area (TPSA) is 81.9 Å². The minimum absolute atomic E-state index is 0.0153. The number of nitrogens with zero attached hydrogens (tertiary/aromatic N) is 4. The summed E-state index contributed by atoms with van der Waals surface area (Å²) in [5.41, 5.74) is 3.97. The Bertz CT molecular complexity index is 1300. The van der Waals surface area contributed by atoms with Crippen LogP contribution in [-0.4, -0.2) is 32.5 Å². The van der Waals surface area contributed by atoms with Gasteiger partial charge in [0.15, 0.2) is 0 Å². The van der Waals surface area contributed by atoms with Crippen molar-refractivity contribution in [2.45, 2.75) is 39.5 Å². The second-order valence-electron chi connectivity index (χ2n) is 9.33. The Morgan fingerprint density at radius 3 is 2.60 bits per heavy atom. The molecule has 2 aromatic carbocycles. The molecule has 0 radical (unpaired) electrons. The van der Waals surface area contributed by atoms with E-state index in [0.29, 0.717) is 17.7 Å². The first kappa shape index (κ1) is 23.2. The van der Waals surface area contributed by atoms with Crippen molar-refractivity contribution >= 4 is 22.4 Å². The van der Waals surface area contributed by atoms with Crippen LogP contribution in [0.1, 0.15) is 43.2 Å². The number of carbonyl (C=O) groups is 1. The Morgan fingerprint density at radius 2 is 1.91 bits per heavy atom. The number of anilines is 1. The molecule has 2 unspecified atom stereocenters. The number of ether oxygens (including phenoxy) is 1. The van der Waals surface area contributed by atoms with Crippen LogP contribution in [0.25, 0.3) is 16.9 Å². The third-order valence-electron chi connectivity index (χ3n) is 6.14. The van der Waals surface area contributed by atoms with Gasteiger partial charge in [-0.2, -0.15) is 5.10 Å². The maximum Gasteiger partial charge on any atom is 0.229 e. The lowest BCUT2D eigenvalue weighted by atomic mass is 10.0.